The van der Waals surface area contributed by atoms with E-state index in [2.05, 4.69) is 25.2 Å². The average Bonchev–Trinajstić information content (AvgIpc) is 3.24. The smallest absolute Gasteiger partial charge is 0.390 e. The van der Waals surface area contributed by atoms with Gasteiger partial charge in [-0.05, 0) is 10.1 Å². The first-order valence-electron chi connectivity index (χ1n) is 7.51. The minimum absolute atomic E-state index is 0.118. The molecule has 0 aliphatic heterocycles. The van der Waals surface area contributed by atoms with Gasteiger partial charge >= 0.3 is 11.6 Å². The largest absolute Gasteiger partial charge is 0.429 e. The number of H-pyrrole nitrogens is 1. The Hall–Kier alpha value is -4.08. The number of hydrogen-bond acceptors (Lipinski definition) is 7. The van der Waals surface area contributed by atoms with Crippen molar-refractivity contribution < 1.29 is 18.8 Å². The summed E-state index contributed by atoms with van der Waals surface area (Å²) in [5.41, 5.74) is 1.82. The van der Waals surface area contributed by atoms with Crippen LogP contribution in [0.3, 0.4) is 0 Å². The van der Waals surface area contributed by atoms with Crippen molar-refractivity contribution in [2.75, 3.05) is 0 Å². The molecule has 0 fully saturated rings. The van der Waals surface area contributed by atoms with E-state index >= 15 is 0 Å². The van der Waals surface area contributed by atoms with E-state index in [9.17, 15) is 10.1 Å². The number of aromatic amines is 1. The number of nitrogens with zero attached hydrogens (tertiary/aromatic N) is 5. The van der Waals surface area contributed by atoms with Crippen LogP contribution < -0.4 is 9.50 Å². The summed E-state index contributed by atoms with van der Waals surface area (Å²) in [6.07, 6.45) is 0. The second-order valence-electron chi connectivity index (χ2n) is 5.18. The van der Waals surface area contributed by atoms with E-state index in [4.69, 9.17) is 4.63 Å². The van der Waals surface area contributed by atoms with Gasteiger partial charge in [-0.1, -0.05) is 65.6 Å². The molecule has 2 heterocycles. The molecule has 10 nitrogen and oxygen atoms in total. The molecule has 0 unspecified atom stereocenters. The van der Waals surface area contributed by atoms with Crippen LogP contribution in [-0.2, 0) is 0 Å². The third kappa shape index (κ3) is 2.75. The van der Waals surface area contributed by atoms with Gasteiger partial charge in [0.15, 0.2) is 4.60 Å². The summed E-state index contributed by atoms with van der Waals surface area (Å²) < 4.78 is 9.49. The Kier molecular flexibility index (Phi) is 3.82. The predicted molar refractivity (Wildman–Crippen MR) is 86.9 cm³/mol. The van der Waals surface area contributed by atoms with E-state index in [1.54, 1.807) is 48.5 Å². The van der Waals surface area contributed by atoms with Crippen LogP contribution in [0, 0.1) is 10.1 Å². The molecule has 0 atom stereocenters. The Balaban J connectivity index is 1.77. The average molecular weight is 351 g/mol. The summed E-state index contributed by atoms with van der Waals surface area (Å²) in [5, 5.41) is 25.7. The molecule has 26 heavy (non-hydrogen) atoms. The molecule has 4 rings (SSSR count). The third-order valence-corrected chi connectivity index (χ3v) is 3.57. The molecule has 0 spiro atoms. The van der Waals surface area contributed by atoms with Crippen LogP contribution in [0.4, 0.5) is 11.6 Å². The van der Waals surface area contributed by atoms with Gasteiger partial charge in [0, 0.05) is 11.1 Å². The third-order valence-electron chi connectivity index (χ3n) is 3.57. The molecule has 2 aromatic carbocycles. The summed E-state index contributed by atoms with van der Waals surface area (Å²) in [4.78, 5) is 12.0. The maximum atomic E-state index is 11.9. The van der Waals surface area contributed by atoms with Crippen LogP contribution in [0.15, 0.2) is 80.2 Å². The lowest BCUT2D eigenvalue weighted by Crippen LogP contribution is -2.22. The normalized spacial score (nSPS) is 11.2. The van der Waals surface area contributed by atoms with Gasteiger partial charge in [-0.3, -0.25) is 0 Å². The van der Waals surface area contributed by atoms with Crippen molar-refractivity contribution in [1.82, 2.24) is 10.3 Å². The van der Waals surface area contributed by atoms with E-state index in [1.807, 2.05) is 12.1 Å². The van der Waals surface area contributed by atoms with Gasteiger partial charge in [-0.15, -0.1) is 9.79 Å². The van der Waals surface area contributed by atoms with E-state index < -0.39 is 0 Å². The highest BCUT2D eigenvalue weighted by Gasteiger charge is 2.27. The number of hydrogen-bond donors (Lipinski definition) is 1. The Morgan fingerprint density at radius 3 is 2.23 bits per heavy atom. The van der Waals surface area contributed by atoms with Crippen molar-refractivity contribution in [2.24, 2.45) is 10.2 Å². The minimum atomic E-state index is -0.184. The predicted octanol–water partition coefficient (Wildman–Crippen LogP) is 2.89. The standard InChI is InChI=1S/C16H11N6O4/c23-21-15(13(19-25-21)11-7-3-1-4-8-11)17-18-16-14(20-26-22(16)24)12-9-5-2-6-10-12/h1-10,19H/q+1. The maximum Gasteiger partial charge on any atom is 0.429 e. The van der Waals surface area contributed by atoms with E-state index in [1.165, 1.54) is 0 Å². The molecule has 0 amide bonds. The lowest BCUT2D eigenvalue weighted by atomic mass is 10.1. The fraction of sp³-hybridized carbons (Fsp3) is 0. The van der Waals surface area contributed by atoms with Gasteiger partial charge < -0.3 is 9.84 Å². The summed E-state index contributed by atoms with van der Waals surface area (Å²) in [6.45, 7) is 0. The van der Waals surface area contributed by atoms with Gasteiger partial charge in [0.05, 0.1) is 10.2 Å². The van der Waals surface area contributed by atoms with Crippen molar-refractivity contribution in [2.45, 2.75) is 0 Å². The first-order valence-corrected chi connectivity index (χ1v) is 7.51. The number of benzene rings is 2. The molecular formula is C16H11N6O4+. The van der Waals surface area contributed by atoms with Crippen molar-refractivity contribution in [3.63, 3.8) is 0 Å². The lowest BCUT2D eigenvalue weighted by molar-refractivity contribution is -0.792. The number of nitrogens with one attached hydrogen (secondary N) is 1. The maximum absolute atomic E-state index is 11.9. The van der Waals surface area contributed by atoms with Crippen LogP contribution in [0.1, 0.15) is 0 Å². The van der Waals surface area contributed by atoms with Crippen molar-refractivity contribution in [3.8, 4) is 22.5 Å². The molecule has 2 aromatic heterocycles. The van der Waals surface area contributed by atoms with Crippen molar-refractivity contribution in [3.05, 3.63) is 70.8 Å². The Morgan fingerprint density at radius 1 is 0.923 bits per heavy atom. The van der Waals surface area contributed by atoms with Crippen LogP contribution in [0.5, 0.6) is 0 Å². The summed E-state index contributed by atoms with van der Waals surface area (Å²) >= 11 is 0. The SMILES string of the molecule is O=[n+]1o[nH]c(-c2ccccc2)c1N=Nc1c(-c2ccccc2)no[n+]1[O-]. The number of aromatic nitrogens is 4. The van der Waals surface area contributed by atoms with Gasteiger partial charge in [-0.25, -0.2) is 0 Å². The van der Waals surface area contributed by atoms with E-state index in [-0.39, 0.29) is 26.8 Å². The molecule has 4 aromatic rings. The monoisotopic (exact) mass is 351 g/mol. The van der Waals surface area contributed by atoms with Gasteiger partial charge in [0.2, 0.25) is 11.4 Å². The summed E-state index contributed by atoms with van der Waals surface area (Å²) in [5.74, 6) is -0.326. The highest BCUT2D eigenvalue weighted by molar-refractivity contribution is 5.68. The summed E-state index contributed by atoms with van der Waals surface area (Å²) in [7, 11) is 0. The molecule has 0 bridgehead atoms. The number of azo groups is 1. The van der Waals surface area contributed by atoms with Crippen molar-refractivity contribution >= 4 is 11.6 Å². The second-order valence-corrected chi connectivity index (χ2v) is 5.18. The van der Waals surface area contributed by atoms with Gasteiger partial charge in [0.25, 0.3) is 0 Å². The van der Waals surface area contributed by atoms with Crippen molar-refractivity contribution in [1.29, 1.82) is 0 Å². The second kappa shape index (κ2) is 6.43. The van der Waals surface area contributed by atoms with E-state index in [0.717, 1.165) is 0 Å². The lowest BCUT2D eigenvalue weighted by Gasteiger charge is -1.91. The van der Waals surface area contributed by atoms with Gasteiger partial charge in [-0.2, -0.15) is 0 Å². The van der Waals surface area contributed by atoms with Crippen LogP contribution in [-0.4, -0.2) is 10.3 Å². The zero-order valence-corrected chi connectivity index (χ0v) is 13.1. The Bertz CT molecular complexity index is 1110. The topological polar surface area (TPSA) is 130 Å². The van der Waals surface area contributed by atoms with Crippen LogP contribution in [0.25, 0.3) is 22.5 Å². The molecular weight excluding hydrogens is 340 g/mol. The molecule has 10 heteroatoms. The first-order chi connectivity index (χ1) is 12.7. The molecule has 128 valence electrons. The van der Waals surface area contributed by atoms with Crippen LogP contribution >= 0.6 is 0 Å². The quantitative estimate of drug-likeness (QED) is 0.446. The van der Waals surface area contributed by atoms with Crippen LogP contribution in [0.2, 0.25) is 0 Å². The first kappa shape index (κ1) is 15.4. The zero-order valence-electron chi connectivity index (χ0n) is 13.1. The molecule has 0 saturated heterocycles. The van der Waals surface area contributed by atoms with Gasteiger partial charge in [0.1, 0.15) is 0 Å². The zero-order chi connectivity index (χ0) is 17.9. The summed E-state index contributed by atoms with van der Waals surface area (Å²) in [6, 6.07) is 17.8. The molecule has 0 saturated carbocycles. The Labute approximate surface area is 145 Å². The number of rotatable bonds is 4. The van der Waals surface area contributed by atoms with E-state index in [0.29, 0.717) is 16.8 Å². The Morgan fingerprint density at radius 2 is 1.54 bits per heavy atom. The molecule has 0 aliphatic rings. The molecule has 0 radical (unpaired) electrons. The molecule has 0 aliphatic carbocycles. The highest BCUT2D eigenvalue weighted by atomic mass is 16.8. The highest BCUT2D eigenvalue weighted by Crippen LogP contribution is 2.29. The fourth-order valence-electron chi connectivity index (χ4n) is 2.35. The fourth-order valence-corrected chi connectivity index (χ4v) is 2.35. The molecule has 1 N–H and O–H groups in total. The minimum Gasteiger partial charge on any atom is -0.390 e.